The van der Waals surface area contributed by atoms with Crippen molar-refractivity contribution >= 4 is 22.8 Å². The Morgan fingerprint density at radius 3 is 2.38 bits per heavy atom. The van der Waals surface area contributed by atoms with E-state index in [1.807, 2.05) is 12.1 Å². The molecule has 2 aromatic carbocycles. The van der Waals surface area contributed by atoms with Crippen LogP contribution in [-0.2, 0) is 17.8 Å². The molecule has 9 heteroatoms. The molecule has 5 rings (SSSR count). The minimum absolute atomic E-state index is 0.0342. The summed E-state index contributed by atoms with van der Waals surface area (Å²) in [6, 6.07) is 13.0. The SMILES string of the molecule is O=C(Cc1ccc(CN2CCC(NC(=O)c3cc(=O)c4ccc(F)cc4o3)CC2)cc1)NCCN1CCCCC1. The second-order valence-electron chi connectivity index (χ2n) is 10.9. The van der Waals surface area contributed by atoms with Crippen molar-refractivity contribution in [2.75, 3.05) is 39.3 Å². The summed E-state index contributed by atoms with van der Waals surface area (Å²) in [5.41, 5.74) is 1.87. The predicted octanol–water partition coefficient (Wildman–Crippen LogP) is 3.47. The summed E-state index contributed by atoms with van der Waals surface area (Å²) in [6.07, 6.45) is 5.76. The highest BCUT2D eigenvalue weighted by molar-refractivity contribution is 5.93. The van der Waals surface area contributed by atoms with Crippen LogP contribution in [0.4, 0.5) is 4.39 Å². The molecule has 0 atom stereocenters. The first-order chi connectivity index (χ1) is 19.4. The topological polar surface area (TPSA) is 94.9 Å². The zero-order chi connectivity index (χ0) is 27.9. The normalized spacial score (nSPS) is 17.1. The molecule has 0 radical (unpaired) electrons. The fraction of sp³-hybridized carbons (Fsp3) is 0.452. The summed E-state index contributed by atoms with van der Waals surface area (Å²) in [6.45, 7) is 6.33. The van der Waals surface area contributed by atoms with Gasteiger partial charge in [-0.2, -0.15) is 0 Å². The maximum atomic E-state index is 13.5. The number of carbonyl (C=O) groups excluding carboxylic acids is 2. The Bertz CT molecular complexity index is 1380. The maximum absolute atomic E-state index is 13.5. The third-order valence-electron chi connectivity index (χ3n) is 7.83. The van der Waals surface area contributed by atoms with Crippen LogP contribution in [0.25, 0.3) is 11.0 Å². The number of nitrogens with zero attached hydrogens (tertiary/aromatic N) is 2. The number of amides is 2. The maximum Gasteiger partial charge on any atom is 0.287 e. The standard InChI is InChI=1S/C31H37FN4O4/c32-24-8-9-26-27(37)20-29(40-28(26)19-24)31(39)34-25-10-15-36(16-11-25)21-23-6-4-22(5-7-23)18-30(38)33-12-17-35-13-2-1-3-14-35/h4-9,19-20,25H,1-3,10-18,21H2,(H,33,38)(H,34,39). The van der Waals surface area contributed by atoms with Gasteiger partial charge in [0.15, 0.2) is 11.2 Å². The van der Waals surface area contributed by atoms with E-state index in [0.29, 0.717) is 13.0 Å². The lowest BCUT2D eigenvalue weighted by atomic mass is 10.0. The van der Waals surface area contributed by atoms with E-state index in [9.17, 15) is 18.8 Å². The number of fused-ring (bicyclic) bond motifs is 1. The highest BCUT2D eigenvalue weighted by atomic mass is 19.1. The van der Waals surface area contributed by atoms with E-state index < -0.39 is 11.7 Å². The van der Waals surface area contributed by atoms with Crippen LogP contribution in [-0.4, -0.2) is 66.9 Å². The molecule has 0 unspecified atom stereocenters. The number of benzene rings is 2. The molecule has 0 spiro atoms. The molecule has 2 saturated heterocycles. The van der Waals surface area contributed by atoms with Gasteiger partial charge in [-0.05, 0) is 62.0 Å². The van der Waals surface area contributed by atoms with E-state index in [2.05, 4.69) is 32.6 Å². The Morgan fingerprint density at radius 1 is 0.900 bits per heavy atom. The third kappa shape index (κ3) is 7.55. The summed E-state index contributed by atoms with van der Waals surface area (Å²) in [5, 5.41) is 6.24. The van der Waals surface area contributed by atoms with Gasteiger partial charge in [0.25, 0.3) is 5.91 Å². The van der Waals surface area contributed by atoms with E-state index in [1.165, 1.54) is 37.0 Å². The molecule has 2 amide bonds. The summed E-state index contributed by atoms with van der Waals surface area (Å²) >= 11 is 0. The van der Waals surface area contributed by atoms with Crippen LogP contribution in [0.3, 0.4) is 0 Å². The largest absolute Gasteiger partial charge is 0.451 e. The summed E-state index contributed by atoms with van der Waals surface area (Å²) in [4.78, 5) is 42.1. The number of rotatable bonds is 9. The van der Waals surface area contributed by atoms with Crippen molar-refractivity contribution in [2.24, 2.45) is 0 Å². The van der Waals surface area contributed by atoms with Crippen LogP contribution in [0.2, 0.25) is 0 Å². The molecule has 2 aliphatic heterocycles. The first kappa shape index (κ1) is 28.0. The van der Waals surface area contributed by atoms with E-state index in [1.54, 1.807) is 0 Å². The van der Waals surface area contributed by atoms with Gasteiger partial charge in [-0.25, -0.2) is 4.39 Å². The number of halogens is 1. The fourth-order valence-electron chi connectivity index (χ4n) is 5.54. The summed E-state index contributed by atoms with van der Waals surface area (Å²) in [5.74, 6) is -1.04. The molecule has 2 fully saturated rings. The molecule has 3 heterocycles. The first-order valence-electron chi connectivity index (χ1n) is 14.3. The lowest BCUT2D eigenvalue weighted by Crippen LogP contribution is -2.44. The van der Waals surface area contributed by atoms with Crippen LogP contribution in [0.5, 0.6) is 0 Å². The quantitative estimate of drug-likeness (QED) is 0.425. The van der Waals surface area contributed by atoms with Gasteiger partial charge in [0.1, 0.15) is 11.4 Å². The molecule has 0 bridgehead atoms. The number of piperidine rings is 2. The molecule has 2 N–H and O–H groups in total. The third-order valence-corrected chi connectivity index (χ3v) is 7.83. The van der Waals surface area contributed by atoms with Gasteiger partial charge < -0.3 is 20.0 Å². The second-order valence-corrected chi connectivity index (χ2v) is 10.9. The predicted molar refractivity (Wildman–Crippen MR) is 152 cm³/mol. The van der Waals surface area contributed by atoms with Crippen molar-refractivity contribution < 1.29 is 18.4 Å². The summed E-state index contributed by atoms with van der Waals surface area (Å²) < 4.78 is 19.1. The van der Waals surface area contributed by atoms with Gasteiger partial charge in [0, 0.05) is 50.9 Å². The Labute approximate surface area is 233 Å². The van der Waals surface area contributed by atoms with Gasteiger partial charge in [0.05, 0.1) is 11.8 Å². The van der Waals surface area contributed by atoms with E-state index in [0.717, 1.165) is 69.8 Å². The fourth-order valence-corrected chi connectivity index (χ4v) is 5.54. The van der Waals surface area contributed by atoms with E-state index in [4.69, 9.17) is 4.42 Å². The molecule has 0 saturated carbocycles. The minimum Gasteiger partial charge on any atom is -0.451 e. The Balaban J connectivity index is 1.04. The van der Waals surface area contributed by atoms with E-state index >= 15 is 0 Å². The zero-order valence-corrected chi connectivity index (χ0v) is 22.8. The van der Waals surface area contributed by atoms with Gasteiger partial charge >= 0.3 is 0 Å². The monoisotopic (exact) mass is 548 g/mol. The van der Waals surface area contributed by atoms with Crippen LogP contribution < -0.4 is 16.1 Å². The smallest absolute Gasteiger partial charge is 0.287 e. The average molecular weight is 549 g/mol. The number of carbonyl (C=O) groups is 2. The van der Waals surface area contributed by atoms with Crippen LogP contribution >= 0.6 is 0 Å². The molecule has 40 heavy (non-hydrogen) atoms. The van der Waals surface area contributed by atoms with E-state index in [-0.39, 0.29) is 34.1 Å². The molecule has 0 aliphatic carbocycles. The van der Waals surface area contributed by atoms with Crippen molar-refractivity contribution in [1.29, 1.82) is 0 Å². The number of nitrogens with one attached hydrogen (secondary N) is 2. The molecular formula is C31H37FN4O4. The van der Waals surface area contributed by atoms with Crippen molar-refractivity contribution in [2.45, 2.75) is 51.1 Å². The van der Waals surface area contributed by atoms with Gasteiger partial charge in [-0.15, -0.1) is 0 Å². The molecule has 1 aromatic heterocycles. The van der Waals surface area contributed by atoms with Crippen molar-refractivity contribution in [1.82, 2.24) is 20.4 Å². The molecular weight excluding hydrogens is 511 g/mol. The molecule has 3 aromatic rings. The second kappa shape index (κ2) is 13.2. The first-order valence-corrected chi connectivity index (χ1v) is 14.3. The lowest BCUT2D eigenvalue weighted by Gasteiger charge is -2.32. The number of hydrogen-bond acceptors (Lipinski definition) is 6. The summed E-state index contributed by atoms with van der Waals surface area (Å²) in [7, 11) is 0. The van der Waals surface area contributed by atoms with Crippen LogP contribution in [0.15, 0.2) is 57.7 Å². The number of hydrogen-bond donors (Lipinski definition) is 2. The Kier molecular flexibility index (Phi) is 9.23. The Hall–Kier alpha value is -3.56. The molecule has 2 aliphatic rings. The van der Waals surface area contributed by atoms with Gasteiger partial charge in [0.2, 0.25) is 5.91 Å². The van der Waals surface area contributed by atoms with Crippen molar-refractivity contribution in [3.63, 3.8) is 0 Å². The highest BCUT2D eigenvalue weighted by Gasteiger charge is 2.23. The van der Waals surface area contributed by atoms with Crippen molar-refractivity contribution in [3.05, 3.63) is 81.5 Å². The van der Waals surface area contributed by atoms with Crippen LogP contribution in [0.1, 0.15) is 53.8 Å². The zero-order valence-electron chi connectivity index (χ0n) is 22.8. The minimum atomic E-state index is -0.528. The van der Waals surface area contributed by atoms with Crippen molar-refractivity contribution in [3.8, 4) is 0 Å². The van der Waals surface area contributed by atoms with Gasteiger partial charge in [-0.1, -0.05) is 30.7 Å². The molecule has 8 nitrogen and oxygen atoms in total. The average Bonchev–Trinajstić information content (AvgIpc) is 2.95. The Morgan fingerprint density at radius 2 is 1.62 bits per heavy atom. The molecule has 212 valence electrons. The van der Waals surface area contributed by atoms with Gasteiger partial charge in [-0.3, -0.25) is 19.3 Å². The van der Waals surface area contributed by atoms with Crippen LogP contribution in [0, 0.1) is 5.82 Å². The number of likely N-dealkylation sites (tertiary alicyclic amines) is 2. The highest BCUT2D eigenvalue weighted by Crippen LogP contribution is 2.17. The lowest BCUT2D eigenvalue weighted by molar-refractivity contribution is -0.120.